The molecule has 0 saturated carbocycles. The minimum absolute atomic E-state index is 0.00940. The van der Waals surface area contributed by atoms with E-state index in [4.69, 9.17) is 18.9 Å². The Bertz CT molecular complexity index is 247. The van der Waals surface area contributed by atoms with Gasteiger partial charge in [-0.15, -0.1) is 20.5 Å². The van der Waals surface area contributed by atoms with Crippen molar-refractivity contribution in [3.05, 3.63) is 0 Å². The predicted octanol–water partition coefficient (Wildman–Crippen LogP) is 5.03. The minimum atomic E-state index is -0.00940. The SMILES string of the molecule is CCOC(CCC[SiH2]SSSS[SiH2]CCCC(OCC)OCC)OCC. The molecule has 0 radical (unpaired) electrons. The summed E-state index contributed by atoms with van der Waals surface area (Å²) in [6.45, 7) is 11.1. The monoisotopic (exact) mass is 478 g/mol. The van der Waals surface area contributed by atoms with E-state index in [0.29, 0.717) is 0 Å². The van der Waals surface area contributed by atoms with Gasteiger partial charge in [0.1, 0.15) is 17.3 Å². The Morgan fingerprint density at radius 2 is 0.962 bits per heavy atom. The molecule has 158 valence electrons. The van der Waals surface area contributed by atoms with Crippen molar-refractivity contribution in [2.45, 2.75) is 78.0 Å². The zero-order valence-corrected chi connectivity index (χ0v) is 23.0. The molecule has 0 aliphatic carbocycles. The standard InChI is InChI=1S/C16H38O4S4Si2/c1-5-17-15(18-6-2)11-9-13-25-23-21-22-24-26-14-10-12-16(19-7-3)20-8-4/h15-16H,5-14,25-26H2,1-4H3. The van der Waals surface area contributed by atoms with Crippen molar-refractivity contribution in [3.8, 4) is 0 Å². The summed E-state index contributed by atoms with van der Waals surface area (Å²) in [7, 11) is 8.19. The van der Waals surface area contributed by atoms with Gasteiger partial charge in [-0.05, 0) is 60.2 Å². The molecule has 0 unspecified atom stereocenters. The van der Waals surface area contributed by atoms with E-state index in [1.165, 1.54) is 24.9 Å². The molecule has 0 heterocycles. The van der Waals surface area contributed by atoms with Crippen LogP contribution in [0.4, 0.5) is 0 Å². The number of ether oxygens (including phenoxy) is 4. The topological polar surface area (TPSA) is 36.9 Å². The van der Waals surface area contributed by atoms with E-state index in [-0.39, 0.29) is 29.9 Å². The average molecular weight is 479 g/mol. The third kappa shape index (κ3) is 19.0. The lowest BCUT2D eigenvalue weighted by atomic mass is 10.3. The van der Waals surface area contributed by atoms with Crippen LogP contribution in [0.5, 0.6) is 0 Å². The van der Waals surface area contributed by atoms with Gasteiger partial charge in [0.15, 0.2) is 12.6 Å². The van der Waals surface area contributed by atoms with Crippen molar-refractivity contribution in [1.29, 1.82) is 0 Å². The predicted molar refractivity (Wildman–Crippen MR) is 130 cm³/mol. The smallest absolute Gasteiger partial charge is 0.157 e. The van der Waals surface area contributed by atoms with Gasteiger partial charge < -0.3 is 18.9 Å². The van der Waals surface area contributed by atoms with E-state index in [1.807, 2.05) is 47.3 Å². The van der Waals surface area contributed by atoms with Crippen LogP contribution >= 0.6 is 40.1 Å². The van der Waals surface area contributed by atoms with Crippen LogP contribution in [0, 0.1) is 0 Å². The van der Waals surface area contributed by atoms with Crippen molar-refractivity contribution >= 4 is 57.5 Å². The van der Waals surface area contributed by atoms with Crippen molar-refractivity contribution in [2.24, 2.45) is 0 Å². The van der Waals surface area contributed by atoms with Crippen molar-refractivity contribution in [1.82, 2.24) is 0 Å². The van der Waals surface area contributed by atoms with Crippen LogP contribution in [0.25, 0.3) is 0 Å². The molecular weight excluding hydrogens is 441 g/mol. The van der Waals surface area contributed by atoms with Crippen LogP contribution in [0.2, 0.25) is 12.1 Å². The van der Waals surface area contributed by atoms with E-state index in [0.717, 1.165) is 39.3 Å². The molecule has 0 rings (SSSR count). The van der Waals surface area contributed by atoms with E-state index < -0.39 is 0 Å². The average Bonchev–Trinajstić information content (AvgIpc) is 2.63. The Morgan fingerprint density at radius 3 is 1.27 bits per heavy atom. The number of hydrogen-bond donors (Lipinski definition) is 0. The lowest BCUT2D eigenvalue weighted by Crippen LogP contribution is -2.17. The quantitative estimate of drug-likeness (QED) is 0.0984. The fourth-order valence-corrected chi connectivity index (χ4v) is 22.4. The first-order valence-corrected chi connectivity index (χ1v) is 20.4. The van der Waals surface area contributed by atoms with Gasteiger partial charge in [0.25, 0.3) is 0 Å². The fraction of sp³-hybridized carbons (Fsp3) is 1.00. The van der Waals surface area contributed by atoms with Gasteiger partial charge >= 0.3 is 0 Å². The summed E-state index contributed by atoms with van der Waals surface area (Å²) < 4.78 is 22.3. The zero-order chi connectivity index (χ0) is 19.3. The molecule has 0 aliphatic heterocycles. The van der Waals surface area contributed by atoms with Crippen LogP contribution in [-0.2, 0) is 18.9 Å². The Balaban J connectivity index is 3.33. The highest BCUT2D eigenvalue weighted by Gasteiger charge is 2.08. The van der Waals surface area contributed by atoms with Crippen LogP contribution in [0.3, 0.4) is 0 Å². The second kappa shape index (κ2) is 23.0. The molecule has 0 aromatic rings. The van der Waals surface area contributed by atoms with Gasteiger partial charge in [0, 0.05) is 26.4 Å². The fourth-order valence-electron chi connectivity index (χ4n) is 2.22. The van der Waals surface area contributed by atoms with E-state index >= 15 is 0 Å². The maximum Gasteiger partial charge on any atom is 0.157 e. The van der Waals surface area contributed by atoms with Gasteiger partial charge in [-0.1, -0.05) is 24.9 Å². The summed E-state index contributed by atoms with van der Waals surface area (Å²) >= 11 is 0. The maximum atomic E-state index is 5.58. The molecule has 0 atom stereocenters. The molecule has 26 heavy (non-hydrogen) atoms. The molecule has 0 spiro atoms. The lowest BCUT2D eigenvalue weighted by Gasteiger charge is -2.16. The Labute approximate surface area is 180 Å². The maximum absolute atomic E-state index is 5.58. The second-order valence-electron chi connectivity index (χ2n) is 5.45. The van der Waals surface area contributed by atoms with Crippen molar-refractivity contribution < 1.29 is 18.9 Å². The van der Waals surface area contributed by atoms with Gasteiger partial charge in [0.05, 0.1) is 0 Å². The molecule has 0 fully saturated rings. The Morgan fingerprint density at radius 1 is 0.615 bits per heavy atom. The lowest BCUT2D eigenvalue weighted by molar-refractivity contribution is -0.139. The highest BCUT2D eigenvalue weighted by Crippen LogP contribution is 2.42. The van der Waals surface area contributed by atoms with Crippen LogP contribution in [0.1, 0.15) is 53.4 Å². The van der Waals surface area contributed by atoms with Gasteiger partial charge in [-0.25, -0.2) is 0 Å². The number of rotatable bonds is 21. The third-order valence-electron chi connectivity index (χ3n) is 3.37. The third-order valence-corrected chi connectivity index (χ3v) is 20.9. The molecule has 0 aromatic heterocycles. The molecule has 0 N–H and O–H groups in total. The van der Waals surface area contributed by atoms with Gasteiger partial charge in [0.2, 0.25) is 0 Å². The van der Waals surface area contributed by atoms with E-state index in [9.17, 15) is 0 Å². The molecule has 0 bridgehead atoms. The Kier molecular flexibility index (Phi) is 24.4. The van der Waals surface area contributed by atoms with Crippen molar-refractivity contribution in [3.63, 3.8) is 0 Å². The molecule has 4 nitrogen and oxygen atoms in total. The highest BCUT2D eigenvalue weighted by molar-refractivity contribution is 9.30. The first-order valence-electron chi connectivity index (χ1n) is 9.82. The van der Waals surface area contributed by atoms with E-state index in [1.54, 1.807) is 0 Å². The summed E-state index contributed by atoms with van der Waals surface area (Å²) in [6, 6.07) is 2.74. The summed E-state index contributed by atoms with van der Waals surface area (Å²) in [5.41, 5.74) is 0. The Hall–Kier alpha value is 1.67. The molecular formula is C16H38O4S4Si2. The first kappa shape index (κ1) is 27.7. The molecule has 0 amide bonds. The molecule has 10 heteroatoms. The van der Waals surface area contributed by atoms with Crippen LogP contribution < -0.4 is 0 Å². The van der Waals surface area contributed by atoms with Gasteiger partial charge in [-0.2, -0.15) is 0 Å². The molecule has 0 aliphatic rings. The zero-order valence-electron chi connectivity index (χ0n) is 16.9. The highest BCUT2D eigenvalue weighted by atomic mass is 33.7. The van der Waals surface area contributed by atoms with Crippen LogP contribution in [0.15, 0.2) is 0 Å². The largest absolute Gasteiger partial charge is 0.353 e. The minimum Gasteiger partial charge on any atom is -0.353 e. The summed E-state index contributed by atoms with van der Waals surface area (Å²) in [5, 5.41) is 0. The normalized spacial score (nSPS) is 12.7. The van der Waals surface area contributed by atoms with Crippen LogP contribution in [-0.4, -0.2) is 56.3 Å². The summed E-state index contributed by atoms with van der Waals surface area (Å²) in [6.07, 6.45) is 4.57. The van der Waals surface area contributed by atoms with Crippen molar-refractivity contribution in [2.75, 3.05) is 26.4 Å². The van der Waals surface area contributed by atoms with Gasteiger partial charge in [-0.3, -0.25) is 0 Å². The number of hydrogen-bond acceptors (Lipinski definition) is 8. The second-order valence-corrected chi connectivity index (χ2v) is 19.8. The molecule has 0 aromatic carbocycles. The van der Waals surface area contributed by atoms with E-state index in [2.05, 4.69) is 20.5 Å². The first-order chi connectivity index (χ1) is 12.8. The summed E-state index contributed by atoms with van der Waals surface area (Å²) in [4.78, 5) is 0. The molecule has 0 saturated heterocycles. The summed E-state index contributed by atoms with van der Waals surface area (Å²) in [5.74, 6) is 0.